The summed E-state index contributed by atoms with van der Waals surface area (Å²) >= 11 is 0. The number of carbonyl (C=O) groups excluding carboxylic acids is 2. The van der Waals surface area contributed by atoms with Gasteiger partial charge in [-0.05, 0) is 45.6 Å². The highest BCUT2D eigenvalue weighted by molar-refractivity contribution is 5.92. The Morgan fingerprint density at radius 1 is 1.11 bits per heavy atom. The fourth-order valence-electron chi connectivity index (χ4n) is 8.99. The second-order valence-corrected chi connectivity index (χ2v) is 12.1. The molecule has 2 aliphatic carbocycles. The van der Waals surface area contributed by atoms with Gasteiger partial charge in [0.2, 0.25) is 0 Å². The highest BCUT2D eigenvalue weighted by Crippen LogP contribution is 2.78. The lowest BCUT2D eigenvalue weighted by molar-refractivity contribution is -0.218. The summed E-state index contributed by atoms with van der Waals surface area (Å²) < 4.78 is 23.4. The quantitative estimate of drug-likeness (QED) is 0.486. The SMILES string of the molecule is CC1(C)O[C@H]2CC(=O)OC[C@]23[C@H]1CC(=O)[C@@]1(C)[C@H]3CC[C@](C)([C@H](O)c2ccoc2)[C@@]12O[C@@H]2C(=O)O. The van der Waals surface area contributed by atoms with Gasteiger partial charge in [-0.3, -0.25) is 9.59 Å². The maximum Gasteiger partial charge on any atom is 0.335 e. The van der Waals surface area contributed by atoms with E-state index in [1.54, 1.807) is 6.07 Å². The molecule has 5 aliphatic rings. The van der Waals surface area contributed by atoms with Crippen LogP contribution in [0.5, 0.6) is 0 Å². The number of ketones is 1. The monoisotopic (exact) mass is 488 g/mol. The molecule has 0 aromatic carbocycles. The summed E-state index contributed by atoms with van der Waals surface area (Å²) in [5.41, 5.74) is -4.49. The molecule has 2 saturated carbocycles. The van der Waals surface area contributed by atoms with Gasteiger partial charge in [0.05, 0.1) is 42.2 Å². The molecule has 3 saturated heterocycles. The van der Waals surface area contributed by atoms with Crippen LogP contribution in [0.2, 0.25) is 0 Å². The lowest BCUT2D eigenvalue weighted by Gasteiger charge is -2.64. The van der Waals surface area contributed by atoms with E-state index < -0.39 is 51.7 Å². The van der Waals surface area contributed by atoms with Crippen LogP contribution >= 0.6 is 0 Å². The molecule has 1 aromatic rings. The highest BCUT2D eigenvalue weighted by Gasteiger charge is 2.87. The molecule has 0 unspecified atom stereocenters. The Morgan fingerprint density at radius 2 is 1.86 bits per heavy atom. The van der Waals surface area contributed by atoms with Crippen LogP contribution in [-0.4, -0.2) is 58.0 Å². The first kappa shape index (κ1) is 23.2. The van der Waals surface area contributed by atoms with E-state index in [4.69, 9.17) is 18.6 Å². The Balaban J connectivity index is 1.53. The predicted molar refractivity (Wildman–Crippen MR) is 118 cm³/mol. The predicted octanol–water partition coefficient (Wildman–Crippen LogP) is 2.66. The van der Waals surface area contributed by atoms with E-state index in [2.05, 4.69) is 0 Å². The van der Waals surface area contributed by atoms with Crippen LogP contribution < -0.4 is 0 Å². The molecule has 1 aromatic heterocycles. The maximum atomic E-state index is 14.2. The number of fused-ring (bicyclic) bond motifs is 2. The van der Waals surface area contributed by atoms with E-state index in [1.807, 2.05) is 27.7 Å². The summed E-state index contributed by atoms with van der Waals surface area (Å²) in [6.45, 7) is 7.67. The maximum absolute atomic E-state index is 14.2. The number of aliphatic carboxylic acids is 1. The Morgan fingerprint density at radius 3 is 2.49 bits per heavy atom. The van der Waals surface area contributed by atoms with Gasteiger partial charge in [0.1, 0.15) is 18.0 Å². The summed E-state index contributed by atoms with van der Waals surface area (Å²) in [6, 6.07) is 1.65. The summed E-state index contributed by atoms with van der Waals surface area (Å²) in [4.78, 5) is 38.9. The van der Waals surface area contributed by atoms with E-state index in [-0.39, 0.29) is 43.0 Å². The van der Waals surface area contributed by atoms with Gasteiger partial charge in [-0.25, -0.2) is 4.79 Å². The van der Waals surface area contributed by atoms with Gasteiger partial charge in [-0.2, -0.15) is 0 Å². The molecule has 4 heterocycles. The lowest BCUT2D eigenvalue weighted by Crippen LogP contribution is -2.71. The van der Waals surface area contributed by atoms with Crippen molar-refractivity contribution in [3.63, 3.8) is 0 Å². The molecule has 9 nitrogen and oxygen atoms in total. The van der Waals surface area contributed by atoms with E-state index in [1.165, 1.54) is 12.5 Å². The number of epoxide rings is 1. The molecule has 9 heteroatoms. The number of carbonyl (C=O) groups is 3. The smallest absolute Gasteiger partial charge is 0.335 e. The standard InChI is InChI=1S/C26H32O9/c1-22(2)15-9-16(27)24(4)14(25(15)12-33-18(28)10-17(25)34-22)5-7-23(3,19(29)13-6-8-32-11-13)26(24)20(35-26)21(30)31/h6,8,11,14-15,17,19-20,29H,5,7,9-10,12H2,1-4H3,(H,30,31)/t14-,15+,17+,19-,20-,23-,24-,25+,26-/m1/s1. The van der Waals surface area contributed by atoms with E-state index in [0.717, 1.165) is 0 Å². The molecule has 190 valence electrons. The zero-order valence-corrected chi connectivity index (χ0v) is 20.4. The third-order valence-corrected chi connectivity index (χ3v) is 10.6. The molecular formula is C26H32O9. The molecular weight excluding hydrogens is 456 g/mol. The second-order valence-electron chi connectivity index (χ2n) is 12.1. The van der Waals surface area contributed by atoms with Crippen LogP contribution in [0.4, 0.5) is 0 Å². The van der Waals surface area contributed by atoms with E-state index >= 15 is 0 Å². The number of rotatable bonds is 3. The van der Waals surface area contributed by atoms with Crippen LogP contribution in [0.1, 0.15) is 65.0 Å². The number of carboxylic acid groups (broad SMARTS) is 1. The number of aliphatic hydroxyl groups excluding tert-OH is 1. The van der Waals surface area contributed by atoms with Crippen molar-refractivity contribution >= 4 is 17.7 Å². The molecule has 6 rings (SSSR count). The van der Waals surface area contributed by atoms with Crippen molar-refractivity contribution in [2.24, 2.45) is 28.1 Å². The zero-order valence-electron chi connectivity index (χ0n) is 20.4. The topological polar surface area (TPSA) is 136 Å². The van der Waals surface area contributed by atoms with Crippen LogP contribution in [0.25, 0.3) is 0 Å². The van der Waals surface area contributed by atoms with Crippen molar-refractivity contribution in [1.29, 1.82) is 0 Å². The number of Topliss-reactive ketones (excluding diaryl/α,β-unsaturated/α-hetero) is 1. The molecule has 2 N–H and O–H groups in total. The van der Waals surface area contributed by atoms with Crippen LogP contribution in [0, 0.1) is 28.1 Å². The molecule has 0 amide bonds. The average molecular weight is 489 g/mol. The first-order valence-electron chi connectivity index (χ1n) is 12.3. The number of ether oxygens (including phenoxy) is 3. The number of carboxylic acids is 1. The third kappa shape index (κ3) is 2.47. The van der Waals surface area contributed by atoms with Crippen LogP contribution in [-0.2, 0) is 28.6 Å². The minimum absolute atomic E-state index is 0.0820. The van der Waals surface area contributed by atoms with Gasteiger partial charge >= 0.3 is 11.9 Å². The van der Waals surface area contributed by atoms with Crippen molar-refractivity contribution in [3.05, 3.63) is 24.2 Å². The van der Waals surface area contributed by atoms with Crippen LogP contribution in [0.3, 0.4) is 0 Å². The normalized spacial score (nSPS) is 48.5. The second kappa shape index (κ2) is 6.75. The van der Waals surface area contributed by atoms with Gasteiger partial charge in [0, 0.05) is 28.7 Å². The molecule has 0 radical (unpaired) electrons. The summed E-state index contributed by atoms with van der Waals surface area (Å²) in [7, 11) is 0. The molecule has 2 spiro atoms. The van der Waals surface area contributed by atoms with Gasteiger partial charge in [0.15, 0.2) is 6.10 Å². The number of cyclic esters (lactones) is 1. The van der Waals surface area contributed by atoms with Crippen LogP contribution in [0.15, 0.2) is 23.0 Å². The minimum Gasteiger partial charge on any atom is -0.479 e. The van der Waals surface area contributed by atoms with Gasteiger partial charge in [0.25, 0.3) is 0 Å². The minimum atomic E-state index is -1.43. The van der Waals surface area contributed by atoms with Crippen molar-refractivity contribution < 1.29 is 43.2 Å². The van der Waals surface area contributed by atoms with E-state index in [9.17, 15) is 24.6 Å². The van der Waals surface area contributed by atoms with Gasteiger partial charge < -0.3 is 28.8 Å². The molecule has 5 fully saturated rings. The largest absolute Gasteiger partial charge is 0.479 e. The average Bonchev–Trinajstić information content (AvgIpc) is 3.25. The van der Waals surface area contributed by atoms with E-state index in [0.29, 0.717) is 18.4 Å². The first-order valence-corrected chi connectivity index (χ1v) is 12.3. The Kier molecular flexibility index (Phi) is 4.47. The summed E-state index contributed by atoms with van der Waals surface area (Å²) in [5, 5.41) is 21.7. The third-order valence-electron chi connectivity index (χ3n) is 10.6. The van der Waals surface area contributed by atoms with Crippen molar-refractivity contribution in [2.75, 3.05) is 6.61 Å². The fourth-order valence-corrected chi connectivity index (χ4v) is 8.99. The summed E-state index contributed by atoms with van der Waals surface area (Å²) in [5.74, 6) is -2.08. The number of hydrogen-bond donors (Lipinski definition) is 2. The molecule has 9 atom stereocenters. The summed E-state index contributed by atoms with van der Waals surface area (Å²) in [6.07, 6.45) is 1.37. The van der Waals surface area contributed by atoms with Crippen molar-refractivity contribution in [3.8, 4) is 0 Å². The number of esters is 1. The fraction of sp³-hybridized carbons (Fsp3) is 0.731. The van der Waals surface area contributed by atoms with Gasteiger partial charge in [-0.1, -0.05) is 6.92 Å². The van der Waals surface area contributed by atoms with Crippen molar-refractivity contribution in [1.82, 2.24) is 0 Å². The number of furan rings is 1. The lowest BCUT2D eigenvalue weighted by atomic mass is 9.37. The van der Waals surface area contributed by atoms with Crippen molar-refractivity contribution in [2.45, 2.75) is 82.9 Å². The van der Waals surface area contributed by atoms with Gasteiger partial charge in [-0.15, -0.1) is 0 Å². The Hall–Kier alpha value is -2.23. The molecule has 35 heavy (non-hydrogen) atoms. The molecule has 0 bridgehead atoms. The first-order chi connectivity index (χ1) is 16.4. The zero-order chi connectivity index (χ0) is 25.2. The highest BCUT2D eigenvalue weighted by atomic mass is 16.6. The Labute approximate surface area is 203 Å². The Bertz CT molecular complexity index is 1110. The number of hydrogen-bond acceptors (Lipinski definition) is 8. The number of aliphatic hydroxyl groups is 1. The molecule has 3 aliphatic heterocycles.